The molecular weight excluding hydrogens is 374 g/mol. The van der Waals surface area contributed by atoms with Crippen LogP contribution in [0.25, 0.3) is 0 Å². The van der Waals surface area contributed by atoms with Crippen LogP contribution in [0.1, 0.15) is 20.9 Å². The van der Waals surface area contributed by atoms with E-state index in [-0.39, 0.29) is 11.7 Å². The van der Waals surface area contributed by atoms with Gasteiger partial charge in [0.1, 0.15) is 5.75 Å². The number of furan rings is 1. The quantitative estimate of drug-likeness (QED) is 0.529. The van der Waals surface area contributed by atoms with Crippen LogP contribution in [-0.4, -0.2) is 11.9 Å². The van der Waals surface area contributed by atoms with Gasteiger partial charge in [0.25, 0.3) is 5.91 Å². The number of halogens is 1. The predicted molar refractivity (Wildman–Crippen MR) is 92.2 cm³/mol. The Balaban J connectivity index is 1.70. The van der Waals surface area contributed by atoms with Crippen LogP contribution in [0.2, 0.25) is 0 Å². The number of esters is 1. The number of rotatable bonds is 4. The summed E-state index contributed by atoms with van der Waals surface area (Å²) in [5.74, 6) is -0.433. The number of hydrogen-bond donors (Lipinski definition) is 1. The van der Waals surface area contributed by atoms with Gasteiger partial charge in [0.05, 0.1) is 6.26 Å². The van der Waals surface area contributed by atoms with Gasteiger partial charge in [-0.2, -0.15) is 0 Å². The van der Waals surface area contributed by atoms with Crippen LogP contribution in [-0.2, 0) is 0 Å². The molecule has 0 aliphatic heterocycles. The Morgan fingerprint density at radius 3 is 2.50 bits per heavy atom. The van der Waals surface area contributed by atoms with Gasteiger partial charge < -0.3 is 14.5 Å². The summed E-state index contributed by atoms with van der Waals surface area (Å²) in [7, 11) is 0. The van der Waals surface area contributed by atoms with Crippen molar-refractivity contribution in [2.45, 2.75) is 0 Å². The van der Waals surface area contributed by atoms with E-state index in [9.17, 15) is 9.59 Å². The van der Waals surface area contributed by atoms with Gasteiger partial charge in [-0.1, -0.05) is 22.0 Å². The van der Waals surface area contributed by atoms with Crippen LogP contribution in [0.15, 0.2) is 75.8 Å². The molecule has 3 aromatic rings. The van der Waals surface area contributed by atoms with E-state index in [1.807, 2.05) is 0 Å². The Labute approximate surface area is 146 Å². The van der Waals surface area contributed by atoms with Crippen LogP contribution in [0.5, 0.6) is 5.75 Å². The Morgan fingerprint density at radius 1 is 1.00 bits per heavy atom. The molecule has 0 spiro atoms. The highest BCUT2D eigenvalue weighted by Gasteiger charge is 2.12. The number of amides is 1. The zero-order chi connectivity index (χ0) is 16.9. The third-order valence-corrected chi connectivity index (χ3v) is 3.66. The van der Waals surface area contributed by atoms with Gasteiger partial charge in [0.2, 0.25) is 5.76 Å². The third kappa shape index (κ3) is 3.91. The molecule has 2 aromatic carbocycles. The van der Waals surface area contributed by atoms with Crippen molar-refractivity contribution in [1.82, 2.24) is 0 Å². The minimum Gasteiger partial charge on any atom is -0.457 e. The van der Waals surface area contributed by atoms with E-state index in [0.717, 1.165) is 4.47 Å². The largest absolute Gasteiger partial charge is 0.457 e. The highest BCUT2D eigenvalue weighted by Crippen LogP contribution is 2.20. The summed E-state index contributed by atoms with van der Waals surface area (Å²) in [6, 6.07) is 16.7. The number of anilines is 1. The predicted octanol–water partition coefficient (Wildman–Crippen LogP) is 4.51. The first-order valence-corrected chi connectivity index (χ1v) is 7.84. The van der Waals surface area contributed by atoms with Crippen molar-refractivity contribution in [3.8, 4) is 5.75 Å². The molecule has 5 nitrogen and oxygen atoms in total. The van der Waals surface area contributed by atoms with Gasteiger partial charge in [-0.15, -0.1) is 0 Å². The molecule has 24 heavy (non-hydrogen) atoms. The fourth-order valence-corrected chi connectivity index (χ4v) is 2.26. The van der Waals surface area contributed by atoms with Gasteiger partial charge in [0, 0.05) is 21.8 Å². The first-order valence-electron chi connectivity index (χ1n) is 7.04. The van der Waals surface area contributed by atoms with Crippen molar-refractivity contribution in [2.75, 3.05) is 5.32 Å². The minimum absolute atomic E-state index is 0.110. The van der Waals surface area contributed by atoms with Crippen LogP contribution in [0, 0.1) is 0 Å². The number of hydrogen-bond acceptors (Lipinski definition) is 4. The normalized spacial score (nSPS) is 10.2. The lowest BCUT2D eigenvalue weighted by Gasteiger charge is -2.08. The van der Waals surface area contributed by atoms with Crippen molar-refractivity contribution in [3.63, 3.8) is 0 Å². The lowest BCUT2D eigenvalue weighted by Crippen LogP contribution is -2.12. The summed E-state index contributed by atoms with van der Waals surface area (Å²) in [4.78, 5) is 24.1. The molecule has 0 unspecified atom stereocenters. The zero-order valence-electron chi connectivity index (χ0n) is 12.4. The third-order valence-electron chi connectivity index (χ3n) is 3.13. The molecule has 0 atom stereocenters. The van der Waals surface area contributed by atoms with E-state index in [2.05, 4.69) is 21.2 Å². The Bertz CT molecular complexity index is 857. The Hall–Kier alpha value is -2.86. The fourth-order valence-electron chi connectivity index (χ4n) is 1.99. The smallest absolute Gasteiger partial charge is 0.379 e. The van der Waals surface area contributed by atoms with Crippen LogP contribution < -0.4 is 10.1 Å². The summed E-state index contributed by atoms with van der Waals surface area (Å²) >= 11 is 3.32. The molecule has 6 heteroatoms. The summed E-state index contributed by atoms with van der Waals surface area (Å²) in [5.41, 5.74) is 1.05. The Morgan fingerprint density at radius 2 is 1.79 bits per heavy atom. The summed E-state index contributed by atoms with van der Waals surface area (Å²) in [6.07, 6.45) is 1.39. The number of nitrogens with one attached hydrogen (secondary N) is 1. The lowest BCUT2D eigenvalue weighted by atomic mass is 10.2. The summed E-state index contributed by atoms with van der Waals surface area (Å²) < 4.78 is 11.1. The van der Waals surface area contributed by atoms with E-state index in [1.165, 1.54) is 12.3 Å². The molecule has 1 aromatic heterocycles. The molecule has 0 aliphatic carbocycles. The van der Waals surface area contributed by atoms with Gasteiger partial charge in [-0.3, -0.25) is 4.79 Å². The molecule has 120 valence electrons. The molecule has 3 rings (SSSR count). The van der Waals surface area contributed by atoms with E-state index in [1.54, 1.807) is 54.6 Å². The zero-order valence-corrected chi connectivity index (χ0v) is 13.9. The van der Waals surface area contributed by atoms with Crippen molar-refractivity contribution in [2.24, 2.45) is 0 Å². The van der Waals surface area contributed by atoms with E-state index in [0.29, 0.717) is 17.0 Å². The van der Waals surface area contributed by atoms with E-state index >= 15 is 0 Å². The number of benzene rings is 2. The van der Waals surface area contributed by atoms with Crippen LogP contribution in [0.4, 0.5) is 5.69 Å². The average molecular weight is 386 g/mol. The number of carbonyl (C=O) groups is 2. The highest BCUT2D eigenvalue weighted by atomic mass is 79.9. The van der Waals surface area contributed by atoms with Gasteiger partial charge in [0.15, 0.2) is 0 Å². The van der Waals surface area contributed by atoms with Crippen LogP contribution >= 0.6 is 15.9 Å². The minimum atomic E-state index is -0.601. The molecule has 1 heterocycles. The number of ether oxygens (including phenoxy) is 1. The molecule has 0 saturated heterocycles. The topological polar surface area (TPSA) is 68.5 Å². The van der Waals surface area contributed by atoms with Gasteiger partial charge in [-0.05, 0) is 48.5 Å². The van der Waals surface area contributed by atoms with Gasteiger partial charge in [-0.25, -0.2) is 4.79 Å². The van der Waals surface area contributed by atoms with Crippen LogP contribution in [0.3, 0.4) is 0 Å². The molecule has 0 saturated carbocycles. The molecule has 0 radical (unpaired) electrons. The number of carbonyl (C=O) groups excluding carboxylic acids is 2. The fraction of sp³-hybridized carbons (Fsp3) is 0. The van der Waals surface area contributed by atoms with Crippen molar-refractivity contribution >= 4 is 33.5 Å². The summed E-state index contributed by atoms with van der Waals surface area (Å²) in [6.45, 7) is 0. The first kappa shape index (κ1) is 16.0. The second-order valence-electron chi connectivity index (χ2n) is 4.86. The van der Waals surface area contributed by atoms with Crippen molar-refractivity contribution in [1.29, 1.82) is 0 Å². The average Bonchev–Trinajstić information content (AvgIpc) is 3.10. The Kier molecular flexibility index (Phi) is 4.77. The highest BCUT2D eigenvalue weighted by molar-refractivity contribution is 9.10. The SMILES string of the molecule is O=C(Nc1cccc(OC(=O)c2ccco2)c1)c1ccc(Br)cc1. The lowest BCUT2D eigenvalue weighted by molar-refractivity contribution is 0.0701. The summed E-state index contributed by atoms with van der Waals surface area (Å²) in [5, 5.41) is 2.76. The molecule has 0 bridgehead atoms. The van der Waals surface area contributed by atoms with E-state index < -0.39 is 5.97 Å². The van der Waals surface area contributed by atoms with Crippen molar-refractivity contribution < 1.29 is 18.7 Å². The second-order valence-corrected chi connectivity index (χ2v) is 5.77. The second kappa shape index (κ2) is 7.14. The maximum Gasteiger partial charge on any atom is 0.379 e. The molecule has 1 N–H and O–H groups in total. The standard InChI is InChI=1S/C18H12BrNO4/c19-13-8-6-12(7-9-13)17(21)20-14-3-1-4-15(11-14)24-18(22)16-5-2-10-23-16/h1-11H,(H,20,21). The molecular formula is C18H12BrNO4. The maximum absolute atomic E-state index is 12.2. The molecule has 0 fully saturated rings. The first-order chi connectivity index (χ1) is 11.6. The van der Waals surface area contributed by atoms with Gasteiger partial charge >= 0.3 is 5.97 Å². The van der Waals surface area contributed by atoms with E-state index in [4.69, 9.17) is 9.15 Å². The maximum atomic E-state index is 12.2. The monoisotopic (exact) mass is 385 g/mol. The molecule has 0 aliphatic rings. The molecule has 1 amide bonds. The van der Waals surface area contributed by atoms with Crippen molar-refractivity contribution in [3.05, 3.63) is 82.7 Å².